The molecule has 1 aliphatic heterocycles. The van der Waals surface area contributed by atoms with Crippen molar-refractivity contribution >= 4 is 5.97 Å². The fourth-order valence-corrected chi connectivity index (χ4v) is 2.42. The maximum atomic E-state index is 11.4. The van der Waals surface area contributed by atoms with E-state index in [1.807, 2.05) is 6.07 Å². The van der Waals surface area contributed by atoms with Gasteiger partial charge in [-0.25, -0.2) is 0 Å². The van der Waals surface area contributed by atoms with Crippen LogP contribution in [0.1, 0.15) is 23.1 Å². The van der Waals surface area contributed by atoms with Gasteiger partial charge in [0.15, 0.2) is 0 Å². The molecular weight excluding hydrogens is 242 g/mol. The molecule has 19 heavy (non-hydrogen) atoms. The zero-order valence-electron chi connectivity index (χ0n) is 11.9. The summed E-state index contributed by atoms with van der Waals surface area (Å²) in [5, 5.41) is 3.13. The molecule has 1 aromatic carbocycles. The van der Waals surface area contributed by atoms with Crippen molar-refractivity contribution in [3.63, 3.8) is 0 Å². The molecule has 2 rings (SSSR count). The Labute approximate surface area is 114 Å². The van der Waals surface area contributed by atoms with Gasteiger partial charge in [-0.15, -0.1) is 0 Å². The molecule has 4 heteroatoms. The predicted octanol–water partition coefficient (Wildman–Crippen LogP) is 1.89. The van der Waals surface area contributed by atoms with E-state index in [4.69, 9.17) is 9.47 Å². The van der Waals surface area contributed by atoms with Crippen LogP contribution in [-0.4, -0.2) is 31.8 Å². The fraction of sp³-hybridized carbons (Fsp3) is 0.533. The van der Waals surface area contributed by atoms with Crippen LogP contribution in [0.15, 0.2) is 12.1 Å². The number of methoxy groups -OCH3 is 1. The SMILES string of the molecule is COC(=O)[C@H]1C[C@@H](Oc2cc(C)cc(C)c2C)CN1. The number of rotatable bonds is 3. The molecule has 2 atom stereocenters. The largest absolute Gasteiger partial charge is 0.489 e. The first-order valence-electron chi connectivity index (χ1n) is 6.57. The van der Waals surface area contributed by atoms with Crippen molar-refractivity contribution in [3.8, 4) is 5.75 Å². The molecule has 1 fully saturated rings. The van der Waals surface area contributed by atoms with Crippen molar-refractivity contribution < 1.29 is 14.3 Å². The Morgan fingerprint density at radius 2 is 2.05 bits per heavy atom. The average molecular weight is 263 g/mol. The van der Waals surface area contributed by atoms with E-state index in [1.54, 1.807) is 0 Å². The highest BCUT2D eigenvalue weighted by Crippen LogP contribution is 2.26. The van der Waals surface area contributed by atoms with Crippen molar-refractivity contribution in [2.24, 2.45) is 0 Å². The van der Waals surface area contributed by atoms with Crippen molar-refractivity contribution in [1.82, 2.24) is 5.32 Å². The van der Waals surface area contributed by atoms with Gasteiger partial charge in [-0.1, -0.05) is 6.07 Å². The monoisotopic (exact) mass is 263 g/mol. The number of nitrogens with one attached hydrogen (secondary N) is 1. The molecule has 4 nitrogen and oxygen atoms in total. The summed E-state index contributed by atoms with van der Waals surface area (Å²) in [5.41, 5.74) is 3.58. The lowest BCUT2D eigenvalue weighted by molar-refractivity contribution is -0.142. The molecule has 1 saturated heterocycles. The maximum absolute atomic E-state index is 11.4. The predicted molar refractivity (Wildman–Crippen MR) is 73.5 cm³/mol. The number of carbonyl (C=O) groups is 1. The van der Waals surface area contributed by atoms with E-state index >= 15 is 0 Å². The summed E-state index contributed by atoms with van der Waals surface area (Å²) in [6, 6.07) is 3.95. The number of hydrogen-bond acceptors (Lipinski definition) is 4. The van der Waals surface area contributed by atoms with E-state index in [1.165, 1.54) is 18.2 Å². The van der Waals surface area contributed by atoms with Gasteiger partial charge in [0.05, 0.1) is 7.11 Å². The lowest BCUT2D eigenvalue weighted by Gasteiger charge is -2.17. The van der Waals surface area contributed by atoms with Gasteiger partial charge in [0, 0.05) is 13.0 Å². The van der Waals surface area contributed by atoms with Gasteiger partial charge < -0.3 is 14.8 Å². The first kappa shape index (κ1) is 13.9. The maximum Gasteiger partial charge on any atom is 0.323 e. The van der Waals surface area contributed by atoms with Crippen molar-refractivity contribution in [3.05, 3.63) is 28.8 Å². The average Bonchev–Trinajstić information content (AvgIpc) is 2.83. The number of carbonyl (C=O) groups excluding carboxylic acids is 1. The van der Waals surface area contributed by atoms with Gasteiger partial charge in [-0.3, -0.25) is 4.79 Å². The van der Waals surface area contributed by atoms with E-state index in [0.29, 0.717) is 13.0 Å². The van der Waals surface area contributed by atoms with E-state index in [9.17, 15) is 4.79 Å². The van der Waals surface area contributed by atoms with Crippen LogP contribution in [-0.2, 0) is 9.53 Å². The Kier molecular flexibility index (Phi) is 4.10. The van der Waals surface area contributed by atoms with Crippen LogP contribution in [0.5, 0.6) is 5.75 Å². The molecule has 1 aromatic rings. The summed E-state index contributed by atoms with van der Waals surface area (Å²) < 4.78 is 10.8. The first-order chi connectivity index (χ1) is 9.01. The minimum atomic E-state index is -0.249. The molecule has 0 spiro atoms. The first-order valence-corrected chi connectivity index (χ1v) is 6.57. The lowest BCUT2D eigenvalue weighted by Crippen LogP contribution is -2.31. The lowest BCUT2D eigenvalue weighted by atomic mass is 10.1. The quantitative estimate of drug-likeness (QED) is 0.846. The second-order valence-corrected chi connectivity index (χ2v) is 5.16. The second kappa shape index (κ2) is 5.61. The molecule has 1 heterocycles. The van der Waals surface area contributed by atoms with Gasteiger partial charge in [0.25, 0.3) is 0 Å². The molecule has 0 saturated carbocycles. The van der Waals surface area contributed by atoms with Crippen molar-refractivity contribution in [2.75, 3.05) is 13.7 Å². The summed E-state index contributed by atoms with van der Waals surface area (Å²) in [5.74, 6) is 0.693. The van der Waals surface area contributed by atoms with Gasteiger partial charge in [0.1, 0.15) is 17.9 Å². The minimum absolute atomic E-state index is 0.0176. The third-order valence-electron chi connectivity index (χ3n) is 3.63. The smallest absolute Gasteiger partial charge is 0.323 e. The van der Waals surface area contributed by atoms with Gasteiger partial charge in [-0.05, 0) is 43.5 Å². The zero-order valence-corrected chi connectivity index (χ0v) is 11.9. The van der Waals surface area contributed by atoms with Crippen molar-refractivity contribution in [2.45, 2.75) is 39.3 Å². The molecule has 1 N–H and O–H groups in total. The minimum Gasteiger partial charge on any atom is -0.489 e. The third-order valence-corrected chi connectivity index (χ3v) is 3.63. The van der Waals surface area contributed by atoms with Crippen LogP contribution in [0.2, 0.25) is 0 Å². The zero-order chi connectivity index (χ0) is 14.0. The van der Waals surface area contributed by atoms with Crippen LogP contribution in [0, 0.1) is 20.8 Å². The van der Waals surface area contributed by atoms with Crippen LogP contribution < -0.4 is 10.1 Å². The Balaban J connectivity index is 2.05. The number of ether oxygens (including phenoxy) is 2. The van der Waals surface area contributed by atoms with Crippen LogP contribution in [0.25, 0.3) is 0 Å². The Hall–Kier alpha value is -1.55. The molecule has 1 aliphatic rings. The molecule has 104 valence electrons. The molecule has 0 unspecified atom stereocenters. The number of aryl methyl sites for hydroxylation is 2. The van der Waals surface area contributed by atoms with Crippen LogP contribution in [0.4, 0.5) is 0 Å². The Bertz CT molecular complexity index is 485. The highest BCUT2D eigenvalue weighted by molar-refractivity contribution is 5.76. The van der Waals surface area contributed by atoms with Gasteiger partial charge in [0.2, 0.25) is 0 Å². The molecular formula is C15H21NO3. The molecule has 0 radical (unpaired) electrons. The van der Waals surface area contributed by atoms with E-state index < -0.39 is 0 Å². The summed E-state index contributed by atoms with van der Waals surface area (Å²) >= 11 is 0. The van der Waals surface area contributed by atoms with E-state index in [0.717, 1.165) is 11.3 Å². The summed E-state index contributed by atoms with van der Waals surface area (Å²) in [6.45, 7) is 6.87. The van der Waals surface area contributed by atoms with Gasteiger partial charge >= 0.3 is 5.97 Å². The summed E-state index contributed by atoms with van der Waals surface area (Å²) in [4.78, 5) is 11.4. The van der Waals surface area contributed by atoms with E-state index in [-0.39, 0.29) is 18.1 Å². The number of esters is 1. The van der Waals surface area contributed by atoms with Gasteiger partial charge in [-0.2, -0.15) is 0 Å². The molecule has 0 amide bonds. The highest BCUT2D eigenvalue weighted by Gasteiger charge is 2.31. The standard InChI is InChI=1S/C15H21NO3/c1-9-5-10(2)11(3)14(6-9)19-12-7-13(16-8-12)15(17)18-4/h5-6,12-13,16H,7-8H2,1-4H3/t12-,13-/m1/s1. The fourth-order valence-electron chi connectivity index (χ4n) is 2.42. The molecule has 0 bridgehead atoms. The molecule has 0 aromatic heterocycles. The number of hydrogen-bond donors (Lipinski definition) is 1. The van der Waals surface area contributed by atoms with Crippen molar-refractivity contribution in [1.29, 1.82) is 0 Å². The topological polar surface area (TPSA) is 47.6 Å². The van der Waals surface area contributed by atoms with Crippen LogP contribution >= 0.6 is 0 Å². The highest BCUT2D eigenvalue weighted by atomic mass is 16.5. The second-order valence-electron chi connectivity index (χ2n) is 5.16. The normalized spacial score (nSPS) is 22.3. The summed E-state index contributed by atoms with van der Waals surface area (Å²) in [7, 11) is 1.41. The molecule has 0 aliphatic carbocycles. The Morgan fingerprint density at radius 3 is 2.74 bits per heavy atom. The summed E-state index contributed by atoms with van der Waals surface area (Å²) in [6.07, 6.45) is 0.669. The van der Waals surface area contributed by atoms with Crippen LogP contribution in [0.3, 0.4) is 0 Å². The van der Waals surface area contributed by atoms with E-state index in [2.05, 4.69) is 32.2 Å². The Morgan fingerprint density at radius 1 is 1.32 bits per heavy atom. The third kappa shape index (κ3) is 3.07. The number of benzene rings is 1.